The molecule has 1 aliphatic rings. The summed E-state index contributed by atoms with van der Waals surface area (Å²) >= 11 is 6.49. The van der Waals surface area contributed by atoms with Gasteiger partial charge in [-0.1, -0.05) is 40.9 Å². The predicted molar refractivity (Wildman–Crippen MR) is 106 cm³/mol. The van der Waals surface area contributed by atoms with E-state index in [0.717, 1.165) is 22.3 Å². The zero-order valence-corrected chi connectivity index (χ0v) is 16.4. The van der Waals surface area contributed by atoms with Crippen molar-refractivity contribution in [2.75, 3.05) is 7.11 Å². The largest absolute Gasteiger partial charge is 0.496 e. The van der Waals surface area contributed by atoms with Crippen LogP contribution in [0.25, 0.3) is 6.08 Å². The number of aryl methyl sites for hydroxylation is 2. The Kier molecular flexibility index (Phi) is 5.51. The lowest BCUT2D eigenvalue weighted by Gasteiger charge is -2.15. The molecule has 144 valence electrons. The van der Waals surface area contributed by atoms with Gasteiger partial charge in [-0.25, -0.2) is 4.79 Å². The van der Waals surface area contributed by atoms with E-state index in [-0.39, 0.29) is 5.57 Å². The van der Waals surface area contributed by atoms with Crippen LogP contribution < -0.4 is 15.4 Å². The normalized spacial score (nSPS) is 13.9. The van der Waals surface area contributed by atoms with Crippen LogP contribution in [0.15, 0.2) is 35.9 Å². The fourth-order valence-electron chi connectivity index (χ4n) is 3.22. The number of urea groups is 1. The van der Waals surface area contributed by atoms with Gasteiger partial charge in [0.05, 0.1) is 7.11 Å². The Bertz CT molecular complexity index is 985. The number of halogens is 1. The number of benzene rings is 2. The van der Waals surface area contributed by atoms with Crippen molar-refractivity contribution in [3.63, 3.8) is 0 Å². The van der Waals surface area contributed by atoms with Crippen molar-refractivity contribution in [1.29, 1.82) is 0 Å². The summed E-state index contributed by atoms with van der Waals surface area (Å²) in [6, 6.07) is 8.80. The Labute approximate surface area is 167 Å². The minimum absolute atomic E-state index is 0.181. The van der Waals surface area contributed by atoms with Crippen LogP contribution in [0, 0.1) is 13.8 Å². The van der Waals surface area contributed by atoms with Crippen LogP contribution in [0.3, 0.4) is 0 Å². The van der Waals surface area contributed by atoms with Gasteiger partial charge in [-0.05, 0) is 43.2 Å². The molecule has 1 fully saturated rings. The third kappa shape index (κ3) is 4.23. The fraction of sp³-hybridized carbons (Fsp3) is 0.190. The van der Waals surface area contributed by atoms with E-state index in [2.05, 4.69) is 18.2 Å². The highest BCUT2D eigenvalue weighted by Gasteiger charge is 2.27. The molecule has 0 aliphatic carbocycles. The second kappa shape index (κ2) is 7.86. The zero-order valence-electron chi connectivity index (χ0n) is 15.7. The fourth-order valence-corrected chi connectivity index (χ4v) is 3.50. The maximum absolute atomic E-state index is 11.9. The number of hydrogen-bond donors (Lipinski definition) is 2. The van der Waals surface area contributed by atoms with Gasteiger partial charge in [0.15, 0.2) is 0 Å². The molecule has 0 aromatic heterocycles. The van der Waals surface area contributed by atoms with Gasteiger partial charge in [0.2, 0.25) is 0 Å². The first kappa shape index (κ1) is 19.6. The summed E-state index contributed by atoms with van der Waals surface area (Å²) in [4.78, 5) is 35.0. The molecule has 6 nitrogen and oxygen atoms in total. The van der Waals surface area contributed by atoms with Crippen molar-refractivity contribution in [1.82, 2.24) is 10.6 Å². The number of rotatable bonds is 4. The minimum atomic E-state index is -0.841. The number of barbiturate groups is 1. The van der Waals surface area contributed by atoms with Crippen LogP contribution in [0.4, 0.5) is 4.79 Å². The summed E-state index contributed by atoms with van der Waals surface area (Å²) in [7, 11) is 1.53. The van der Waals surface area contributed by atoms with Gasteiger partial charge < -0.3 is 4.74 Å². The monoisotopic (exact) mass is 398 g/mol. The molecule has 4 amide bonds. The van der Waals surface area contributed by atoms with E-state index in [1.54, 1.807) is 12.1 Å². The van der Waals surface area contributed by atoms with E-state index in [1.165, 1.54) is 13.2 Å². The zero-order chi connectivity index (χ0) is 20.4. The van der Waals surface area contributed by atoms with Gasteiger partial charge in [0.1, 0.15) is 11.3 Å². The molecule has 0 saturated carbocycles. The van der Waals surface area contributed by atoms with Crippen LogP contribution in [-0.4, -0.2) is 25.0 Å². The lowest BCUT2D eigenvalue weighted by atomic mass is 9.98. The van der Waals surface area contributed by atoms with E-state index >= 15 is 0 Å². The second-order valence-electron chi connectivity index (χ2n) is 6.65. The number of nitrogens with one attached hydrogen (secondary N) is 2. The molecule has 0 unspecified atom stereocenters. The first-order valence-electron chi connectivity index (χ1n) is 8.58. The van der Waals surface area contributed by atoms with Gasteiger partial charge in [0.25, 0.3) is 11.8 Å². The highest BCUT2D eigenvalue weighted by atomic mass is 35.5. The summed E-state index contributed by atoms with van der Waals surface area (Å²) < 4.78 is 5.49. The maximum atomic E-state index is 11.9. The van der Waals surface area contributed by atoms with Crippen LogP contribution in [0.2, 0.25) is 5.02 Å². The number of methoxy groups -OCH3 is 1. The van der Waals surface area contributed by atoms with Crippen molar-refractivity contribution < 1.29 is 19.1 Å². The predicted octanol–water partition coefficient (Wildman–Crippen LogP) is 3.31. The lowest BCUT2D eigenvalue weighted by Crippen LogP contribution is -2.51. The number of ether oxygens (including phenoxy) is 1. The van der Waals surface area contributed by atoms with Crippen molar-refractivity contribution in [3.05, 3.63) is 68.7 Å². The molecular formula is C21H19ClN2O4. The Morgan fingerprint density at radius 3 is 2.14 bits per heavy atom. The second-order valence-corrected chi connectivity index (χ2v) is 7.06. The van der Waals surface area contributed by atoms with E-state index in [0.29, 0.717) is 22.8 Å². The first-order chi connectivity index (χ1) is 13.3. The Balaban J connectivity index is 1.98. The molecule has 1 heterocycles. The molecule has 2 aromatic rings. The minimum Gasteiger partial charge on any atom is -0.496 e. The summed E-state index contributed by atoms with van der Waals surface area (Å²) in [6.07, 6.45) is 1.95. The third-order valence-corrected chi connectivity index (χ3v) is 4.65. The average molecular weight is 399 g/mol. The Morgan fingerprint density at radius 2 is 1.57 bits per heavy atom. The molecule has 2 N–H and O–H groups in total. The molecule has 0 spiro atoms. The van der Waals surface area contributed by atoms with Crippen molar-refractivity contribution in [2.45, 2.75) is 20.3 Å². The van der Waals surface area contributed by atoms with Crippen molar-refractivity contribution >= 4 is 35.5 Å². The van der Waals surface area contributed by atoms with Crippen LogP contribution in [0.5, 0.6) is 5.75 Å². The van der Waals surface area contributed by atoms with Crippen molar-refractivity contribution in [3.8, 4) is 5.75 Å². The lowest BCUT2D eigenvalue weighted by molar-refractivity contribution is -0.123. The van der Waals surface area contributed by atoms with Crippen LogP contribution in [0.1, 0.15) is 27.8 Å². The quantitative estimate of drug-likeness (QED) is 0.611. The Hall–Kier alpha value is -3.12. The van der Waals surface area contributed by atoms with Crippen LogP contribution in [-0.2, 0) is 16.0 Å². The third-order valence-electron chi connectivity index (χ3n) is 4.31. The molecule has 3 rings (SSSR count). The molecule has 1 aliphatic heterocycles. The molecular weight excluding hydrogens is 380 g/mol. The molecule has 7 heteroatoms. The highest BCUT2D eigenvalue weighted by molar-refractivity contribution is 6.32. The summed E-state index contributed by atoms with van der Waals surface area (Å²) in [5, 5.41) is 4.53. The SMILES string of the molecule is COc1cc(C=C2C(=O)NC(=O)NC2=O)cc(Cl)c1Cc1cc(C)cc(C)c1. The summed E-state index contributed by atoms with van der Waals surface area (Å²) in [6.45, 7) is 4.07. The van der Waals surface area contributed by atoms with E-state index in [1.807, 2.05) is 24.5 Å². The highest BCUT2D eigenvalue weighted by Crippen LogP contribution is 2.32. The summed E-state index contributed by atoms with van der Waals surface area (Å²) in [5.74, 6) is -0.975. The maximum Gasteiger partial charge on any atom is 0.328 e. The van der Waals surface area contributed by atoms with E-state index in [4.69, 9.17) is 16.3 Å². The smallest absolute Gasteiger partial charge is 0.328 e. The van der Waals surface area contributed by atoms with E-state index in [9.17, 15) is 14.4 Å². The number of carbonyl (C=O) groups excluding carboxylic acids is 3. The van der Waals surface area contributed by atoms with Gasteiger partial charge >= 0.3 is 6.03 Å². The standard InChI is InChI=1S/C21H19ClN2O4/c1-11-4-12(2)6-13(5-11)7-15-17(22)9-14(10-18(15)28-3)8-16-19(25)23-21(27)24-20(16)26/h4-6,8-10H,7H2,1-3H3,(H2,23,24,25,26,27). The van der Waals surface area contributed by atoms with Gasteiger partial charge in [-0.2, -0.15) is 0 Å². The molecule has 0 bridgehead atoms. The number of carbonyl (C=O) groups is 3. The van der Waals surface area contributed by atoms with E-state index < -0.39 is 17.8 Å². The number of hydrogen-bond acceptors (Lipinski definition) is 4. The van der Waals surface area contributed by atoms with Gasteiger partial charge in [-0.15, -0.1) is 0 Å². The number of amides is 4. The first-order valence-corrected chi connectivity index (χ1v) is 8.96. The molecule has 0 atom stereocenters. The van der Waals surface area contributed by atoms with Crippen LogP contribution >= 0.6 is 11.6 Å². The van der Waals surface area contributed by atoms with Crippen molar-refractivity contribution in [2.24, 2.45) is 0 Å². The Morgan fingerprint density at radius 1 is 0.964 bits per heavy atom. The average Bonchev–Trinajstić information content (AvgIpc) is 2.59. The molecule has 0 radical (unpaired) electrons. The van der Waals surface area contributed by atoms with Gasteiger partial charge in [-0.3, -0.25) is 20.2 Å². The van der Waals surface area contributed by atoms with Gasteiger partial charge in [0, 0.05) is 17.0 Å². The number of imide groups is 2. The molecule has 1 saturated heterocycles. The summed E-state index contributed by atoms with van der Waals surface area (Å²) in [5.41, 5.74) is 4.57. The topological polar surface area (TPSA) is 84.5 Å². The molecule has 2 aromatic carbocycles. The molecule has 28 heavy (non-hydrogen) atoms.